The van der Waals surface area contributed by atoms with Crippen molar-refractivity contribution in [3.05, 3.63) is 40.8 Å². The highest BCUT2D eigenvalue weighted by Crippen LogP contribution is 2.26. The molecule has 0 saturated heterocycles. The topological polar surface area (TPSA) is 95.9 Å². The van der Waals surface area contributed by atoms with Gasteiger partial charge in [-0.3, -0.25) is 4.79 Å². The van der Waals surface area contributed by atoms with Gasteiger partial charge < -0.3 is 20.3 Å². The summed E-state index contributed by atoms with van der Waals surface area (Å²) in [5.41, 5.74) is 0.0506. The summed E-state index contributed by atoms with van der Waals surface area (Å²) in [6, 6.07) is 7.16. The number of methoxy groups -OCH3 is 1. The third-order valence-corrected chi connectivity index (χ3v) is 3.49. The van der Waals surface area contributed by atoms with E-state index in [9.17, 15) is 14.7 Å². The molecule has 1 aromatic carbocycles. The molecule has 1 aromatic heterocycles. The molecular weight excluding hydrogens is 282 g/mol. The fourth-order valence-corrected chi connectivity index (χ4v) is 2.26. The number of aromatic hydroxyl groups is 1. The summed E-state index contributed by atoms with van der Waals surface area (Å²) in [5, 5.41) is 21.4. The molecule has 20 heavy (non-hydrogen) atoms. The summed E-state index contributed by atoms with van der Waals surface area (Å²) in [6.45, 7) is 0. The average molecular weight is 293 g/mol. The Morgan fingerprint density at radius 2 is 2.00 bits per heavy atom. The van der Waals surface area contributed by atoms with E-state index in [1.54, 1.807) is 0 Å². The largest absolute Gasteiger partial charge is 0.507 e. The number of anilines is 1. The van der Waals surface area contributed by atoms with Crippen LogP contribution in [0.4, 0.5) is 5.00 Å². The molecule has 0 aliphatic rings. The summed E-state index contributed by atoms with van der Waals surface area (Å²) in [6.07, 6.45) is 0. The van der Waals surface area contributed by atoms with Crippen LogP contribution in [0, 0.1) is 0 Å². The first-order chi connectivity index (χ1) is 9.51. The predicted octanol–water partition coefficient (Wildman–Crippen LogP) is 2.41. The van der Waals surface area contributed by atoms with Gasteiger partial charge in [-0.25, -0.2) is 4.79 Å². The van der Waals surface area contributed by atoms with Gasteiger partial charge in [0.05, 0.1) is 17.7 Å². The number of hydrogen-bond acceptors (Lipinski definition) is 5. The van der Waals surface area contributed by atoms with E-state index in [0.29, 0.717) is 10.8 Å². The van der Waals surface area contributed by atoms with E-state index < -0.39 is 11.9 Å². The first kappa shape index (κ1) is 13.9. The number of phenols is 1. The number of carboxylic acid groups (broad SMARTS) is 1. The van der Waals surface area contributed by atoms with Crippen LogP contribution in [0.2, 0.25) is 0 Å². The van der Waals surface area contributed by atoms with Gasteiger partial charge in [-0.15, -0.1) is 11.3 Å². The maximum absolute atomic E-state index is 12.0. The van der Waals surface area contributed by atoms with Gasteiger partial charge in [0.1, 0.15) is 16.4 Å². The zero-order valence-corrected chi connectivity index (χ0v) is 11.2. The molecule has 3 N–H and O–H groups in total. The molecule has 0 fully saturated rings. The Balaban J connectivity index is 2.21. The van der Waals surface area contributed by atoms with Crippen LogP contribution in [0.3, 0.4) is 0 Å². The molecule has 0 saturated carbocycles. The molecule has 0 spiro atoms. The SMILES string of the molecule is COc1ccc(O)c(C(=O)Nc2ccc(C(=O)O)s2)c1. The molecule has 0 aliphatic heterocycles. The normalized spacial score (nSPS) is 10.1. The van der Waals surface area contributed by atoms with Crippen LogP contribution in [0.5, 0.6) is 11.5 Å². The number of phenolic OH excluding ortho intramolecular Hbond substituents is 1. The molecular formula is C13H11NO5S. The van der Waals surface area contributed by atoms with Gasteiger partial charge >= 0.3 is 5.97 Å². The number of nitrogens with one attached hydrogen (secondary N) is 1. The van der Waals surface area contributed by atoms with Gasteiger partial charge in [-0.2, -0.15) is 0 Å². The molecule has 0 atom stereocenters. The zero-order valence-electron chi connectivity index (χ0n) is 10.4. The van der Waals surface area contributed by atoms with Crippen molar-refractivity contribution in [2.24, 2.45) is 0 Å². The lowest BCUT2D eigenvalue weighted by Crippen LogP contribution is -2.11. The Morgan fingerprint density at radius 3 is 2.60 bits per heavy atom. The number of benzene rings is 1. The van der Waals surface area contributed by atoms with Crippen LogP contribution in [0.25, 0.3) is 0 Å². The number of rotatable bonds is 4. The van der Waals surface area contributed by atoms with Crippen molar-refractivity contribution in [3.63, 3.8) is 0 Å². The average Bonchev–Trinajstić information content (AvgIpc) is 2.88. The molecule has 0 bridgehead atoms. The van der Waals surface area contributed by atoms with Crippen LogP contribution >= 0.6 is 11.3 Å². The van der Waals surface area contributed by atoms with E-state index in [0.717, 1.165) is 11.3 Å². The van der Waals surface area contributed by atoms with Gasteiger partial charge in [-0.1, -0.05) is 0 Å². The minimum absolute atomic E-state index is 0.0506. The van der Waals surface area contributed by atoms with E-state index in [1.807, 2.05) is 0 Å². The van der Waals surface area contributed by atoms with E-state index in [-0.39, 0.29) is 16.2 Å². The Kier molecular flexibility index (Phi) is 3.90. The lowest BCUT2D eigenvalue weighted by Gasteiger charge is -2.07. The minimum atomic E-state index is -1.06. The molecule has 0 radical (unpaired) electrons. The number of thiophene rings is 1. The van der Waals surface area contributed by atoms with Crippen molar-refractivity contribution < 1.29 is 24.5 Å². The number of carbonyl (C=O) groups is 2. The molecule has 1 heterocycles. The predicted molar refractivity (Wildman–Crippen MR) is 73.9 cm³/mol. The monoisotopic (exact) mass is 293 g/mol. The number of carbonyl (C=O) groups excluding carboxylic acids is 1. The number of carboxylic acids is 1. The van der Waals surface area contributed by atoms with Crippen LogP contribution in [0.1, 0.15) is 20.0 Å². The lowest BCUT2D eigenvalue weighted by atomic mass is 10.2. The molecule has 1 amide bonds. The highest BCUT2D eigenvalue weighted by atomic mass is 32.1. The molecule has 6 nitrogen and oxygen atoms in total. The molecule has 104 valence electrons. The second kappa shape index (κ2) is 5.62. The van der Waals surface area contributed by atoms with E-state index in [2.05, 4.69) is 5.32 Å². The van der Waals surface area contributed by atoms with Gasteiger partial charge in [0, 0.05) is 0 Å². The summed E-state index contributed by atoms with van der Waals surface area (Å²) in [7, 11) is 1.45. The second-order valence-corrected chi connectivity index (χ2v) is 4.89. The van der Waals surface area contributed by atoms with Gasteiger partial charge in [0.25, 0.3) is 5.91 Å². The van der Waals surface area contributed by atoms with Crippen molar-refractivity contribution in [2.75, 3.05) is 12.4 Å². The van der Waals surface area contributed by atoms with Crippen molar-refractivity contribution in [1.82, 2.24) is 0 Å². The molecule has 0 aliphatic carbocycles. The van der Waals surface area contributed by atoms with Crippen molar-refractivity contribution in [3.8, 4) is 11.5 Å². The third kappa shape index (κ3) is 2.89. The van der Waals surface area contributed by atoms with Crippen molar-refractivity contribution >= 4 is 28.2 Å². The number of ether oxygens (including phenoxy) is 1. The van der Waals surface area contributed by atoms with Crippen molar-refractivity contribution in [1.29, 1.82) is 0 Å². The summed E-state index contributed by atoms with van der Waals surface area (Å²) < 4.78 is 4.98. The standard InChI is InChI=1S/C13H11NO5S/c1-19-7-2-3-9(15)8(6-7)12(16)14-11-5-4-10(20-11)13(17)18/h2-6,15H,1H3,(H,14,16)(H,17,18). The van der Waals surface area contributed by atoms with Gasteiger partial charge in [0.15, 0.2) is 0 Å². The fraction of sp³-hybridized carbons (Fsp3) is 0.0769. The van der Waals surface area contributed by atoms with Crippen LogP contribution in [-0.4, -0.2) is 29.2 Å². The fourth-order valence-electron chi connectivity index (χ4n) is 1.52. The van der Waals surface area contributed by atoms with Crippen LogP contribution in [0.15, 0.2) is 30.3 Å². The summed E-state index contributed by atoms with van der Waals surface area (Å²) >= 11 is 0.935. The molecule has 0 unspecified atom stereocenters. The van der Waals surface area contributed by atoms with E-state index >= 15 is 0 Å². The number of hydrogen-bond donors (Lipinski definition) is 3. The Morgan fingerprint density at radius 1 is 1.25 bits per heavy atom. The van der Waals surface area contributed by atoms with Crippen LogP contribution < -0.4 is 10.1 Å². The first-order valence-corrected chi connectivity index (χ1v) is 6.34. The zero-order chi connectivity index (χ0) is 14.7. The number of aromatic carboxylic acids is 1. The van der Waals surface area contributed by atoms with E-state index in [1.165, 1.54) is 37.4 Å². The molecule has 7 heteroatoms. The van der Waals surface area contributed by atoms with Gasteiger partial charge in [-0.05, 0) is 30.3 Å². The third-order valence-electron chi connectivity index (χ3n) is 2.50. The Hall–Kier alpha value is -2.54. The second-order valence-electron chi connectivity index (χ2n) is 3.81. The first-order valence-electron chi connectivity index (χ1n) is 5.52. The summed E-state index contributed by atoms with van der Waals surface area (Å²) in [4.78, 5) is 22.9. The minimum Gasteiger partial charge on any atom is -0.507 e. The number of amides is 1. The quantitative estimate of drug-likeness (QED) is 0.804. The Bertz CT molecular complexity index is 665. The summed E-state index contributed by atoms with van der Waals surface area (Å²) in [5.74, 6) is -1.34. The van der Waals surface area contributed by atoms with E-state index in [4.69, 9.17) is 9.84 Å². The maximum atomic E-state index is 12.0. The van der Waals surface area contributed by atoms with Crippen LogP contribution in [-0.2, 0) is 0 Å². The van der Waals surface area contributed by atoms with Crippen molar-refractivity contribution in [2.45, 2.75) is 0 Å². The Labute approximate surface area is 118 Å². The molecule has 2 aromatic rings. The highest BCUT2D eigenvalue weighted by molar-refractivity contribution is 7.18. The van der Waals surface area contributed by atoms with Gasteiger partial charge in [0.2, 0.25) is 0 Å². The lowest BCUT2D eigenvalue weighted by molar-refractivity contribution is 0.0702. The smallest absolute Gasteiger partial charge is 0.345 e. The highest BCUT2D eigenvalue weighted by Gasteiger charge is 2.14. The maximum Gasteiger partial charge on any atom is 0.345 e. The molecule has 2 rings (SSSR count).